The number of rotatable bonds is 10. The molecule has 0 heterocycles. The zero-order chi connectivity index (χ0) is 26.6. The summed E-state index contributed by atoms with van der Waals surface area (Å²) in [5, 5.41) is 2.43. The molecule has 0 aliphatic heterocycles. The molecule has 2 aromatic carbocycles. The van der Waals surface area contributed by atoms with Gasteiger partial charge in [0.2, 0.25) is 0 Å². The fourth-order valence-electron chi connectivity index (χ4n) is 2.81. The summed E-state index contributed by atoms with van der Waals surface area (Å²) in [4.78, 5) is 50.5. The van der Waals surface area contributed by atoms with Crippen molar-refractivity contribution >= 4 is 24.1 Å². The van der Waals surface area contributed by atoms with Crippen molar-refractivity contribution in [2.75, 3.05) is 13.3 Å². The summed E-state index contributed by atoms with van der Waals surface area (Å²) < 4.78 is 20.9. The van der Waals surface area contributed by atoms with Crippen LogP contribution in [0.5, 0.6) is 0 Å². The first kappa shape index (κ1) is 28.2. The molecule has 2 aromatic rings. The summed E-state index contributed by atoms with van der Waals surface area (Å²) >= 11 is 0. The van der Waals surface area contributed by atoms with Gasteiger partial charge in [-0.25, -0.2) is 14.4 Å². The number of hydrogen-bond acceptors (Lipinski definition) is 8. The molecule has 2 rings (SSSR count). The third-order valence-electron chi connectivity index (χ3n) is 4.49. The molecule has 1 atom stereocenters. The largest absolute Gasteiger partial charge is 0.459 e. The molecule has 0 fully saturated rings. The van der Waals surface area contributed by atoms with Crippen LogP contribution in [0, 0.1) is 0 Å². The molecule has 0 aliphatic carbocycles. The number of nitrogens with zero attached hydrogens (tertiary/aromatic N) is 1. The van der Waals surface area contributed by atoms with Crippen molar-refractivity contribution in [3.63, 3.8) is 0 Å². The molecule has 0 radical (unpaired) electrons. The van der Waals surface area contributed by atoms with Crippen LogP contribution in [-0.2, 0) is 41.8 Å². The highest BCUT2D eigenvalue weighted by Crippen LogP contribution is 2.12. The molecule has 0 saturated heterocycles. The van der Waals surface area contributed by atoms with Crippen LogP contribution in [0.25, 0.3) is 0 Å². The highest BCUT2D eigenvalue weighted by atomic mass is 16.6. The third-order valence-corrected chi connectivity index (χ3v) is 4.49. The lowest BCUT2D eigenvalue weighted by atomic mass is 10.2. The maximum Gasteiger partial charge on any atom is 0.413 e. The number of carbonyl (C=O) groups excluding carboxylic acids is 4. The minimum absolute atomic E-state index is 0.0261. The SMILES string of the molecule is CC(=O)OCN(C[C@H](NC(=O)OCc1ccccc1)C(=O)OCc1ccccc1)C(=O)OC(C)(C)C. The Bertz CT molecular complexity index is 1010. The fourth-order valence-corrected chi connectivity index (χ4v) is 2.81. The number of nitrogens with one attached hydrogen (secondary N) is 1. The van der Waals surface area contributed by atoms with Gasteiger partial charge in [-0.05, 0) is 31.9 Å². The van der Waals surface area contributed by atoms with Crippen LogP contribution in [0.2, 0.25) is 0 Å². The molecule has 0 aromatic heterocycles. The Kier molecular flexibility index (Phi) is 10.7. The number of alkyl carbamates (subject to hydrolysis) is 1. The molecule has 36 heavy (non-hydrogen) atoms. The van der Waals surface area contributed by atoms with Crippen molar-refractivity contribution in [2.45, 2.75) is 52.6 Å². The number of hydrogen-bond donors (Lipinski definition) is 1. The summed E-state index contributed by atoms with van der Waals surface area (Å²) in [6.07, 6.45) is -1.73. The summed E-state index contributed by atoms with van der Waals surface area (Å²) in [6.45, 7) is 5.22. The number of amides is 2. The first-order chi connectivity index (χ1) is 17.0. The molecule has 0 aliphatic rings. The van der Waals surface area contributed by atoms with Crippen LogP contribution >= 0.6 is 0 Å². The normalized spacial score (nSPS) is 11.6. The van der Waals surface area contributed by atoms with Gasteiger partial charge in [-0.1, -0.05) is 60.7 Å². The number of benzene rings is 2. The van der Waals surface area contributed by atoms with Gasteiger partial charge in [0.1, 0.15) is 24.9 Å². The van der Waals surface area contributed by atoms with Crippen LogP contribution in [0.3, 0.4) is 0 Å². The minimum Gasteiger partial charge on any atom is -0.459 e. The van der Waals surface area contributed by atoms with Gasteiger partial charge in [0.05, 0.1) is 6.54 Å². The van der Waals surface area contributed by atoms with Gasteiger partial charge in [-0.3, -0.25) is 9.69 Å². The topological polar surface area (TPSA) is 120 Å². The lowest BCUT2D eigenvalue weighted by molar-refractivity contribution is -0.149. The van der Waals surface area contributed by atoms with E-state index in [9.17, 15) is 19.2 Å². The van der Waals surface area contributed by atoms with Crippen LogP contribution < -0.4 is 5.32 Å². The smallest absolute Gasteiger partial charge is 0.413 e. The highest BCUT2D eigenvalue weighted by Gasteiger charge is 2.31. The molecule has 10 nitrogen and oxygen atoms in total. The van der Waals surface area contributed by atoms with Gasteiger partial charge in [0.15, 0.2) is 6.73 Å². The van der Waals surface area contributed by atoms with Crippen molar-refractivity contribution in [1.82, 2.24) is 10.2 Å². The van der Waals surface area contributed by atoms with Crippen molar-refractivity contribution in [3.8, 4) is 0 Å². The Balaban J connectivity index is 2.14. The van der Waals surface area contributed by atoms with Crippen molar-refractivity contribution < 1.29 is 38.1 Å². The monoisotopic (exact) mass is 500 g/mol. The first-order valence-corrected chi connectivity index (χ1v) is 11.3. The van der Waals surface area contributed by atoms with Gasteiger partial charge < -0.3 is 24.3 Å². The van der Waals surface area contributed by atoms with E-state index < -0.39 is 49.0 Å². The standard InChI is InChI=1S/C26H32N2O8/c1-19(29)35-18-28(25(32)36-26(2,3)4)15-22(23(30)33-16-20-11-7-5-8-12-20)27-24(31)34-17-21-13-9-6-10-14-21/h5-14,22H,15-18H2,1-4H3,(H,27,31)/t22-/m0/s1. The molecule has 1 N–H and O–H groups in total. The Morgan fingerprint density at radius 2 is 1.36 bits per heavy atom. The fraction of sp³-hybridized carbons (Fsp3) is 0.385. The van der Waals surface area contributed by atoms with Crippen LogP contribution in [-0.4, -0.2) is 53.9 Å². The second-order valence-electron chi connectivity index (χ2n) is 8.82. The van der Waals surface area contributed by atoms with Gasteiger partial charge in [-0.15, -0.1) is 0 Å². The Morgan fingerprint density at radius 1 is 0.833 bits per heavy atom. The zero-order valence-corrected chi connectivity index (χ0v) is 20.9. The Hall–Kier alpha value is -4.08. The van der Waals surface area contributed by atoms with Crippen molar-refractivity contribution in [1.29, 1.82) is 0 Å². The number of ether oxygens (including phenoxy) is 4. The van der Waals surface area contributed by atoms with E-state index in [0.29, 0.717) is 0 Å². The van der Waals surface area contributed by atoms with Crippen LogP contribution in [0.4, 0.5) is 9.59 Å². The summed E-state index contributed by atoms with van der Waals surface area (Å²) in [6, 6.07) is 16.6. The van der Waals surface area contributed by atoms with Gasteiger partial charge >= 0.3 is 24.1 Å². The first-order valence-electron chi connectivity index (χ1n) is 11.3. The van der Waals surface area contributed by atoms with Crippen molar-refractivity contribution in [2.24, 2.45) is 0 Å². The maximum absolute atomic E-state index is 12.9. The highest BCUT2D eigenvalue weighted by molar-refractivity contribution is 5.82. The number of carbonyl (C=O) groups is 4. The minimum atomic E-state index is -1.33. The van der Waals surface area contributed by atoms with E-state index in [2.05, 4.69) is 5.32 Å². The molecular formula is C26H32N2O8. The van der Waals surface area contributed by atoms with Crippen LogP contribution in [0.1, 0.15) is 38.8 Å². The van der Waals surface area contributed by atoms with Gasteiger partial charge in [0.25, 0.3) is 0 Å². The third kappa shape index (κ3) is 10.9. The number of esters is 2. The molecule has 0 unspecified atom stereocenters. The average Bonchev–Trinajstić information content (AvgIpc) is 2.83. The van der Waals surface area contributed by atoms with E-state index in [4.69, 9.17) is 18.9 Å². The second-order valence-corrected chi connectivity index (χ2v) is 8.82. The molecule has 0 bridgehead atoms. The summed E-state index contributed by atoms with van der Waals surface area (Å²) in [5.41, 5.74) is 0.637. The summed E-state index contributed by atoms with van der Waals surface area (Å²) in [5.74, 6) is -1.45. The van der Waals surface area contributed by atoms with E-state index >= 15 is 0 Å². The quantitative estimate of drug-likeness (QED) is 0.297. The predicted octanol–water partition coefficient (Wildman–Crippen LogP) is 3.78. The van der Waals surface area contributed by atoms with Crippen LogP contribution in [0.15, 0.2) is 60.7 Å². The van der Waals surface area contributed by atoms with E-state index in [-0.39, 0.29) is 13.2 Å². The van der Waals surface area contributed by atoms with E-state index in [1.807, 2.05) is 12.1 Å². The molecule has 10 heteroatoms. The van der Waals surface area contributed by atoms with Crippen molar-refractivity contribution in [3.05, 3.63) is 71.8 Å². The van der Waals surface area contributed by atoms with E-state index in [1.165, 1.54) is 6.92 Å². The lowest BCUT2D eigenvalue weighted by Gasteiger charge is -2.29. The van der Waals surface area contributed by atoms with E-state index in [1.54, 1.807) is 69.3 Å². The summed E-state index contributed by atoms with van der Waals surface area (Å²) in [7, 11) is 0. The van der Waals surface area contributed by atoms with Gasteiger partial charge in [0, 0.05) is 6.92 Å². The Morgan fingerprint density at radius 3 is 1.86 bits per heavy atom. The predicted molar refractivity (Wildman–Crippen MR) is 129 cm³/mol. The zero-order valence-electron chi connectivity index (χ0n) is 20.9. The molecule has 194 valence electrons. The Labute approximate surface area is 210 Å². The molecule has 2 amide bonds. The molecular weight excluding hydrogens is 468 g/mol. The second kappa shape index (κ2) is 13.7. The maximum atomic E-state index is 12.9. The van der Waals surface area contributed by atoms with E-state index in [0.717, 1.165) is 16.0 Å². The lowest BCUT2D eigenvalue weighted by Crippen LogP contribution is -2.52. The molecule has 0 spiro atoms. The van der Waals surface area contributed by atoms with Gasteiger partial charge in [-0.2, -0.15) is 0 Å². The molecule has 0 saturated carbocycles. The average molecular weight is 501 g/mol.